The number of carbonyl (C=O) groups is 1. The van der Waals surface area contributed by atoms with Crippen molar-refractivity contribution < 1.29 is 22.4 Å². The zero-order chi connectivity index (χ0) is 14.8. The number of rotatable bonds is 2. The number of nitrogens with one attached hydrogen (secondary N) is 2. The molecule has 20 heavy (non-hydrogen) atoms. The van der Waals surface area contributed by atoms with Gasteiger partial charge in [0, 0.05) is 18.5 Å². The van der Waals surface area contributed by atoms with Gasteiger partial charge in [0.1, 0.15) is 5.82 Å². The molecule has 0 unspecified atom stereocenters. The second kappa shape index (κ2) is 5.78. The molecule has 1 aromatic carbocycles. The van der Waals surface area contributed by atoms with Crippen LogP contribution in [0, 0.1) is 5.82 Å². The number of halogens is 4. The summed E-state index contributed by atoms with van der Waals surface area (Å²) in [7, 11) is 0. The van der Waals surface area contributed by atoms with E-state index in [1.165, 1.54) is 24.3 Å². The highest BCUT2D eigenvalue weighted by molar-refractivity contribution is 5.82. The molecule has 2 N–H and O–H groups in total. The smallest absolute Gasteiger partial charge is 0.344 e. The first-order valence-corrected chi connectivity index (χ1v) is 6.22. The Bertz CT molecular complexity index is 472. The van der Waals surface area contributed by atoms with Gasteiger partial charge in [-0.25, -0.2) is 4.39 Å². The second-order valence-corrected chi connectivity index (χ2v) is 4.73. The van der Waals surface area contributed by atoms with Gasteiger partial charge >= 0.3 is 12.1 Å². The summed E-state index contributed by atoms with van der Waals surface area (Å²) >= 11 is 0. The molecule has 1 aromatic rings. The third-order valence-electron chi connectivity index (χ3n) is 3.35. The molecule has 0 spiro atoms. The van der Waals surface area contributed by atoms with E-state index in [1.807, 2.05) is 5.32 Å². The Morgan fingerprint density at radius 2 is 1.90 bits per heavy atom. The molecule has 3 nitrogen and oxygen atoms in total. The summed E-state index contributed by atoms with van der Waals surface area (Å²) in [5.74, 6) is -2.61. The number of hydrogen-bond donors (Lipinski definition) is 2. The molecule has 0 saturated carbocycles. The van der Waals surface area contributed by atoms with Gasteiger partial charge in [0.15, 0.2) is 0 Å². The Labute approximate surface area is 113 Å². The maximum Gasteiger partial charge on any atom is 0.471 e. The Morgan fingerprint density at radius 3 is 2.50 bits per heavy atom. The van der Waals surface area contributed by atoms with E-state index in [0.29, 0.717) is 13.0 Å². The highest BCUT2D eigenvalue weighted by Gasteiger charge is 2.41. The molecular weight excluding hydrogens is 276 g/mol. The lowest BCUT2D eigenvalue weighted by Gasteiger charge is -2.33. The van der Waals surface area contributed by atoms with E-state index in [4.69, 9.17) is 0 Å². The van der Waals surface area contributed by atoms with Gasteiger partial charge in [0.25, 0.3) is 0 Å². The highest BCUT2D eigenvalue weighted by Crippen LogP contribution is 2.27. The van der Waals surface area contributed by atoms with Crippen LogP contribution in [0.3, 0.4) is 0 Å². The van der Waals surface area contributed by atoms with Crippen molar-refractivity contribution >= 4 is 5.91 Å². The van der Waals surface area contributed by atoms with Gasteiger partial charge in [-0.3, -0.25) is 4.79 Å². The van der Waals surface area contributed by atoms with Gasteiger partial charge in [-0.05, 0) is 30.7 Å². The van der Waals surface area contributed by atoms with Gasteiger partial charge in [-0.15, -0.1) is 0 Å². The maximum absolute atomic E-state index is 12.9. The number of amides is 1. The molecule has 0 radical (unpaired) electrons. The van der Waals surface area contributed by atoms with Crippen molar-refractivity contribution in [2.75, 3.05) is 13.1 Å². The van der Waals surface area contributed by atoms with Crippen molar-refractivity contribution in [2.45, 2.75) is 24.6 Å². The molecule has 2 atom stereocenters. The van der Waals surface area contributed by atoms with Crippen LogP contribution in [0.25, 0.3) is 0 Å². The summed E-state index contributed by atoms with van der Waals surface area (Å²) in [6, 6.07) is 4.94. The number of piperidine rings is 1. The number of carbonyl (C=O) groups excluding carboxylic acids is 1. The lowest BCUT2D eigenvalue weighted by molar-refractivity contribution is -0.174. The zero-order valence-corrected chi connectivity index (χ0v) is 10.5. The van der Waals surface area contributed by atoms with Crippen LogP contribution in [-0.2, 0) is 4.79 Å². The van der Waals surface area contributed by atoms with Crippen LogP contribution < -0.4 is 10.6 Å². The standard InChI is InChI=1S/C13H14F4N2O/c14-9-3-1-8(2-4-9)10-5-6-18-7-11(10)19-12(20)13(15,16)17/h1-4,10-11,18H,5-7H2,(H,19,20)/t10-,11+/m0/s1. The van der Waals surface area contributed by atoms with Crippen LogP contribution in [0.5, 0.6) is 0 Å². The molecule has 1 aliphatic rings. The monoisotopic (exact) mass is 290 g/mol. The van der Waals surface area contributed by atoms with E-state index < -0.39 is 23.9 Å². The summed E-state index contributed by atoms with van der Waals surface area (Å²) in [5.41, 5.74) is 0.723. The number of alkyl halides is 3. The highest BCUT2D eigenvalue weighted by atomic mass is 19.4. The molecule has 110 valence electrons. The summed E-state index contributed by atoms with van der Waals surface area (Å²) in [4.78, 5) is 11.0. The SMILES string of the molecule is O=C(N[C@@H]1CNCC[C@H]1c1ccc(F)cc1)C(F)(F)F. The van der Waals surface area contributed by atoms with E-state index in [0.717, 1.165) is 5.56 Å². The fraction of sp³-hybridized carbons (Fsp3) is 0.462. The molecule has 1 aliphatic heterocycles. The quantitative estimate of drug-likeness (QED) is 0.817. The lowest BCUT2D eigenvalue weighted by Crippen LogP contribution is -2.53. The Kier molecular flexibility index (Phi) is 4.27. The lowest BCUT2D eigenvalue weighted by atomic mass is 9.86. The molecule has 2 rings (SSSR count). The number of benzene rings is 1. The fourth-order valence-electron chi connectivity index (χ4n) is 2.37. The minimum absolute atomic E-state index is 0.254. The normalized spacial score (nSPS) is 23.4. The van der Waals surface area contributed by atoms with E-state index in [1.54, 1.807) is 0 Å². The van der Waals surface area contributed by atoms with Crippen LogP contribution >= 0.6 is 0 Å². The van der Waals surface area contributed by atoms with Crippen molar-refractivity contribution in [3.8, 4) is 0 Å². The van der Waals surface area contributed by atoms with Crippen molar-refractivity contribution in [2.24, 2.45) is 0 Å². The van der Waals surface area contributed by atoms with Gasteiger partial charge in [-0.1, -0.05) is 12.1 Å². The second-order valence-electron chi connectivity index (χ2n) is 4.73. The maximum atomic E-state index is 12.9. The van der Waals surface area contributed by atoms with Crippen molar-refractivity contribution in [3.05, 3.63) is 35.6 Å². The van der Waals surface area contributed by atoms with Crippen molar-refractivity contribution in [3.63, 3.8) is 0 Å². The zero-order valence-electron chi connectivity index (χ0n) is 10.5. The Hall–Kier alpha value is -1.63. The van der Waals surface area contributed by atoms with E-state index >= 15 is 0 Å². The van der Waals surface area contributed by atoms with Gasteiger partial charge < -0.3 is 10.6 Å². The first kappa shape index (κ1) is 14.8. The van der Waals surface area contributed by atoms with Crippen molar-refractivity contribution in [1.82, 2.24) is 10.6 Å². The van der Waals surface area contributed by atoms with E-state index in [2.05, 4.69) is 5.32 Å². The minimum Gasteiger partial charge on any atom is -0.344 e. The summed E-state index contributed by atoms with van der Waals surface area (Å²) < 4.78 is 49.8. The molecule has 1 fully saturated rings. The first-order chi connectivity index (χ1) is 9.38. The van der Waals surface area contributed by atoms with Crippen molar-refractivity contribution in [1.29, 1.82) is 0 Å². The van der Waals surface area contributed by atoms with E-state index in [-0.39, 0.29) is 12.5 Å². The molecule has 0 bridgehead atoms. The fourth-order valence-corrected chi connectivity index (χ4v) is 2.37. The summed E-state index contributed by atoms with van der Waals surface area (Å²) in [6.07, 6.45) is -4.32. The summed E-state index contributed by atoms with van der Waals surface area (Å²) in [6.45, 7) is 0.893. The third kappa shape index (κ3) is 3.47. The van der Waals surface area contributed by atoms with Gasteiger partial charge in [-0.2, -0.15) is 13.2 Å². The summed E-state index contributed by atoms with van der Waals surface area (Å²) in [5, 5.41) is 4.95. The Morgan fingerprint density at radius 1 is 1.25 bits per heavy atom. The molecule has 1 amide bonds. The number of hydrogen-bond acceptors (Lipinski definition) is 2. The van der Waals surface area contributed by atoms with Gasteiger partial charge in [0.05, 0.1) is 0 Å². The minimum atomic E-state index is -4.90. The molecule has 0 aromatic heterocycles. The predicted octanol–water partition coefficient (Wildman–Crippen LogP) is 1.95. The topological polar surface area (TPSA) is 41.1 Å². The largest absolute Gasteiger partial charge is 0.471 e. The molecular formula is C13H14F4N2O. The molecule has 1 saturated heterocycles. The molecule has 7 heteroatoms. The average molecular weight is 290 g/mol. The van der Waals surface area contributed by atoms with Crippen LogP contribution in [0.4, 0.5) is 17.6 Å². The predicted molar refractivity (Wildman–Crippen MR) is 64.6 cm³/mol. The Balaban J connectivity index is 2.13. The van der Waals surface area contributed by atoms with Crippen LogP contribution in [0.1, 0.15) is 17.9 Å². The van der Waals surface area contributed by atoms with Crippen LogP contribution in [0.15, 0.2) is 24.3 Å². The van der Waals surface area contributed by atoms with E-state index in [9.17, 15) is 22.4 Å². The first-order valence-electron chi connectivity index (χ1n) is 6.22. The molecule has 1 heterocycles. The van der Waals surface area contributed by atoms with Crippen LogP contribution in [0.2, 0.25) is 0 Å². The molecule has 0 aliphatic carbocycles. The average Bonchev–Trinajstić information content (AvgIpc) is 2.39. The third-order valence-corrected chi connectivity index (χ3v) is 3.35. The van der Waals surface area contributed by atoms with Gasteiger partial charge in [0.2, 0.25) is 0 Å². The van der Waals surface area contributed by atoms with Crippen LogP contribution in [-0.4, -0.2) is 31.2 Å².